The SMILES string of the molecule is CCNC(c1ccccc1F)C(C)CN1CCSC(C)C1. The van der Waals surface area contributed by atoms with Crippen LogP contribution < -0.4 is 5.32 Å². The first-order valence-corrected chi connectivity index (χ1v) is 8.98. The molecule has 1 heterocycles. The van der Waals surface area contributed by atoms with E-state index in [1.807, 2.05) is 23.9 Å². The summed E-state index contributed by atoms with van der Waals surface area (Å²) in [5, 5.41) is 4.17. The molecule has 0 aromatic heterocycles. The molecule has 2 nitrogen and oxygen atoms in total. The molecule has 1 N–H and O–H groups in total. The number of thioether (sulfide) groups is 1. The number of benzene rings is 1. The van der Waals surface area contributed by atoms with Crippen molar-refractivity contribution in [2.75, 3.05) is 31.9 Å². The fourth-order valence-electron chi connectivity index (χ4n) is 3.13. The van der Waals surface area contributed by atoms with E-state index in [-0.39, 0.29) is 11.9 Å². The normalized spacial score (nSPS) is 23.0. The van der Waals surface area contributed by atoms with E-state index in [0.717, 1.165) is 31.7 Å². The van der Waals surface area contributed by atoms with Crippen LogP contribution >= 0.6 is 11.8 Å². The van der Waals surface area contributed by atoms with Crippen LogP contribution in [0.3, 0.4) is 0 Å². The lowest BCUT2D eigenvalue weighted by Gasteiger charge is -2.35. The Kier molecular flexibility index (Phi) is 6.52. The van der Waals surface area contributed by atoms with E-state index in [1.54, 1.807) is 12.1 Å². The van der Waals surface area contributed by atoms with Gasteiger partial charge in [-0.15, -0.1) is 0 Å². The molecule has 1 saturated heterocycles. The van der Waals surface area contributed by atoms with Crippen LogP contribution in [0.25, 0.3) is 0 Å². The number of halogens is 1. The standard InChI is InChI=1S/C17H27FN2S/c1-4-19-17(15-7-5-6-8-16(15)18)13(2)11-20-9-10-21-14(3)12-20/h5-8,13-14,17,19H,4,9-12H2,1-3H3. The van der Waals surface area contributed by atoms with Gasteiger partial charge in [-0.25, -0.2) is 4.39 Å². The molecule has 21 heavy (non-hydrogen) atoms. The lowest BCUT2D eigenvalue weighted by atomic mass is 9.93. The average molecular weight is 310 g/mol. The van der Waals surface area contributed by atoms with E-state index < -0.39 is 0 Å². The van der Waals surface area contributed by atoms with Gasteiger partial charge < -0.3 is 10.2 Å². The Labute approximate surface area is 132 Å². The van der Waals surface area contributed by atoms with Crippen molar-refractivity contribution in [3.8, 4) is 0 Å². The highest BCUT2D eigenvalue weighted by Crippen LogP contribution is 2.27. The van der Waals surface area contributed by atoms with E-state index in [9.17, 15) is 4.39 Å². The highest BCUT2D eigenvalue weighted by Gasteiger charge is 2.25. The summed E-state index contributed by atoms with van der Waals surface area (Å²) in [7, 11) is 0. The van der Waals surface area contributed by atoms with Crippen LogP contribution in [0.5, 0.6) is 0 Å². The van der Waals surface area contributed by atoms with E-state index in [1.165, 1.54) is 5.75 Å². The van der Waals surface area contributed by atoms with Crippen molar-refractivity contribution in [3.05, 3.63) is 35.6 Å². The average Bonchev–Trinajstić information content (AvgIpc) is 2.45. The largest absolute Gasteiger partial charge is 0.310 e. The zero-order chi connectivity index (χ0) is 15.2. The lowest BCUT2D eigenvalue weighted by molar-refractivity contribution is 0.217. The maximum atomic E-state index is 14.1. The van der Waals surface area contributed by atoms with Crippen molar-refractivity contribution in [1.29, 1.82) is 0 Å². The zero-order valence-electron chi connectivity index (χ0n) is 13.3. The zero-order valence-corrected chi connectivity index (χ0v) is 14.1. The van der Waals surface area contributed by atoms with Gasteiger partial charge in [0.25, 0.3) is 0 Å². The second kappa shape index (κ2) is 8.16. The van der Waals surface area contributed by atoms with Crippen molar-refractivity contribution < 1.29 is 4.39 Å². The van der Waals surface area contributed by atoms with Crippen molar-refractivity contribution in [2.24, 2.45) is 5.92 Å². The maximum Gasteiger partial charge on any atom is 0.127 e. The molecular formula is C17H27FN2S. The third kappa shape index (κ3) is 4.70. The fraction of sp³-hybridized carbons (Fsp3) is 0.647. The molecule has 0 saturated carbocycles. The third-order valence-corrected chi connectivity index (χ3v) is 5.24. The predicted octanol–water partition coefficient (Wildman–Crippen LogP) is 3.55. The molecule has 1 aromatic rings. The smallest absolute Gasteiger partial charge is 0.127 e. The van der Waals surface area contributed by atoms with Crippen molar-refractivity contribution in [3.63, 3.8) is 0 Å². The van der Waals surface area contributed by atoms with Crippen LogP contribution in [-0.4, -0.2) is 42.1 Å². The first-order valence-electron chi connectivity index (χ1n) is 7.93. The Balaban J connectivity index is 2.05. The Hall–Kier alpha value is -0.580. The minimum Gasteiger partial charge on any atom is -0.310 e. The van der Waals surface area contributed by atoms with Gasteiger partial charge in [0.15, 0.2) is 0 Å². The highest BCUT2D eigenvalue weighted by molar-refractivity contribution is 7.99. The van der Waals surface area contributed by atoms with Gasteiger partial charge in [-0.2, -0.15) is 11.8 Å². The lowest BCUT2D eigenvalue weighted by Crippen LogP contribution is -2.42. The fourth-order valence-corrected chi connectivity index (χ4v) is 4.22. The van der Waals surface area contributed by atoms with Crippen molar-refractivity contribution >= 4 is 11.8 Å². The molecule has 1 aliphatic rings. The number of hydrogen-bond donors (Lipinski definition) is 1. The second-order valence-electron chi connectivity index (χ2n) is 5.98. The topological polar surface area (TPSA) is 15.3 Å². The number of nitrogens with zero attached hydrogens (tertiary/aromatic N) is 1. The predicted molar refractivity (Wildman–Crippen MR) is 90.3 cm³/mol. The summed E-state index contributed by atoms with van der Waals surface area (Å²) in [6, 6.07) is 7.24. The molecule has 4 heteroatoms. The van der Waals surface area contributed by atoms with E-state index >= 15 is 0 Å². The molecule has 0 bridgehead atoms. The first-order chi connectivity index (χ1) is 10.1. The van der Waals surface area contributed by atoms with Gasteiger partial charge in [-0.1, -0.05) is 39.0 Å². The van der Waals surface area contributed by atoms with Crippen LogP contribution in [0.4, 0.5) is 4.39 Å². The molecule has 1 fully saturated rings. The van der Waals surface area contributed by atoms with Crippen LogP contribution in [0.2, 0.25) is 0 Å². The summed E-state index contributed by atoms with van der Waals surface area (Å²) in [5.41, 5.74) is 0.797. The summed E-state index contributed by atoms with van der Waals surface area (Å²) in [6.45, 7) is 10.8. The monoisotopic (exact) mass is 310 g/mol. The van der Waals surface area contributed by atoms with Crippen molar-refractivity contribution in [1.82, 2.24) is 10.2 Å². The quantitative estimate of drug-likeness (QED) is 0.865. The van der Waals surface area contributed by atoms with E-state index in [0.29, 0.717) is 11.2 Å². The molecule has 1 aromatic carbocycles. The van der Waals surface area contributed by atoms with Crippen LogP contribution in [-0.2, 0) is 0 Å². The van der Waals surface area contributed by atoms with Gasteiger partial charge in [0, 0.05) is 42.2 Å². The Morgan fingerprint density at radius 3 is 2.86 bits per heavy atom. The molecule has 0 radical (unpaired) electrons. The van der Waals surface area contributed by atoms with E-state index in [4.69, 9.17) is 0 Å². The van der Waals surface area contributed by atoms with Crippen LogP contribution in [0.15, 0.2) is 24.3 Å². The summed E-state index contributed by atoms with van der Waals surface area (Å²) < 4.78 is 14.1. The summed E-state index contributed by atoms with van der Waals surface area (Å²) >= 11 is 2.05. The Bertz CT molecular complexity index is 441. The molecule has 2 rings (SSSR count). The summed E-state index contributed by atoms with van der Waals surface area (Å²) in [6.07, 6.45) is 0. The number of nitrogens with one attached hydrogen (secondary N) is 1. The van der Waals surface area contributed by atoms with Gasteiger partial charge in [0.2, 0.25) is 0 Å². The summed E-state index contributed by atoms with van der Waals surface area (Å²) in [5.74, 6) is 1.49. The first kappa shape index (κ1) is 16.8. The molecule has 0 amide bonds. The maximum absolute atomic E-state index is 14.1. The number of rotatable bonds is 6. The van der Waals surface area contributed by atoms with Crippen LogP contribution in [0.1, 0.15) is 32.4 Å². The third-order valence-electron chi connectivity index (χ3n) is 4.10. The van der Waals surface area contributed by atoms with Gasteiger partial charge in [0.05, 0.1) is 0 Å². The molecule has 1 aliphatic heterocycles. The van der Waals surface area contributed by atoms with E-state index in [2.05, 4.69) is 31.0 Å². The molecule has 3 unspecified atom stereocenters. The number of hydrogen-bond acceptors (Lipinski definition) is 3. The van der Waals surface area contributed by atoms with Crippen LogP contribution in [0, 0.1) is 11.7 Å². The minimum absolute atomic E-state index is 0.0843. The molecular weight excluding hydrogens is 283 g/mol. The van der Waals surface area contributed by atoms with Crippen molar-refractivity contribution in [2.45, 2.75) is 32.1 Å². The highest BCUT2D eigenvalue weighted by atomic mass is 32.2. The second-order valence-corrected chi connectivity index (χ2v) is 7.52. The van der Waals surface area contributed by atoms with Gasteiger partial charge >= 0.3 is 0 Å². The van der Waals surface area contributed by atoms with Gasteiger partial charge in [-0.05, 0) is 18.5 Å². The molecule has 0 spiro atoms. The molecule has 3 atom stereocenters. The molecule has 0 aliphatic carbocycles. The Morgan fingerprint density at radius 1 is 1.43 bits per heavy atom. The Morgan fingerprint density at radius 2 is 2.19 bits per heavy atom. The van der Waals surface area contributed by atoms with Gasteiger partial charge in [0.1, 0.15) is 5.82 Å². The van der Waals surface area contributed by atoms with Gasteiger partial charge in [-0.3, -0.25) is 0 Å². The minimum atomic E-state index is -0.0992. The summed E-state index contributed by atoms with van der Waals surface area (Å²) in [4.78, 5) is 2.52. The molecule has 118 valence electrons.